The molecule has 0 radical (unpaired) electrons. The predicted molar refractivity (Wildman–Crippen MR) is 112 cm³/mol. The van der Waals surface area contributed by atoms with E-state index in [1.807, 2.05) is 43.3 Å². The molecule has 0 atom stereocenters. The van der Waals surface area contributed by atoms with Crippen molar-refractivity contribution in [3.63, 3.8) is 0 Å². The van der Waals surface area contributed by atoms with Crippen molar-refractivity contribution in [3.8, 4) is 5.75 Å². The van der Waals surface area contributed by atoms with Gasteiger partial charge in [-0.05, 0) is 48.7 Å². The number of amides is 1. The minimum atomic E-state index is -0.126. The van der Waals surface area contributed by atoms with Crippen LogP contribution in [0.5, 0.6) is 5.75 Å². The SMILES string of the molecule is COc1ccc(CCNc2ccc(C(=O)NCc3cccc(C)c3)cn2)cc1. The van der Waals surface area contributed by atoms with Gasteiger partial charge in [-0.2, -0.15) is 0 Å². The van der Waals surface area contributed by atoms with Crippen molar-refractivity contribution >= 4 is 11.7 Å². The molecule has 3 aromatic rings. The van der Waals surface area contributed by atoms with Crippen LogP contribution in [0.2, 0.25) is 0 Å². The Kier molecular flexibility index (Phi) is 6.63. The molecule has 3 rings (SSSR count). The topological polar surface area (TPSA) is 63.2 Å². The van der Waals surface area contributed by atoms with Crippen molar-refractivity contribution in [1.82, 2.24) is 10.3 Å². The lowest BCUT2D eigenvalue weighted by atomic mass is 10.1. The molecule has 1 aromatic heterocycles. The summed E-state index contributed by atoms with van der Waals surface area (Å²) in [5.74, 6) is 1.48. The van der Waals surface area contributed by atoms with Crippen LogP contribution in [0, 0.1) is 6.92 Å². The molecular formula is C23H25N3O2. The van der Waals surface area contributed by atoms with Crippen molar-refractivity contribution in [2.75, 3.05) is 19.0 Å². The fourth-order valence-corrected chi connectivity index (χ4v) is 2.87. The molecule has 5 nitrogen and oxygen atoms in total. The van der Waals surface area contributed by atoms with Gasteiger partial charge in [0.15, 0.2) is 0 Å². The van der Waals surface area contributed by atoms with E-state index in [1.165, 1.54) is 11.1 Å². The summed E-state index contributed by atoms with van der Waals surface area (Å²) >= 11 is 0. The second kappa shape index (κ2) is 9.55. The van der Waals surface area contributed by atoms with Gasteiger partial charge in [0.1, 0.15) is 11.6 Å². The van der Waals surface area contributed by atoms with Crippen LogP contribution in [-0.2, 0) is 13.0 Å². The smallest absolute Gasteiger partial charge is 0.253 e. The summed E-state index contributed by atoms with van der Waals surface area (Å²) < 4.78 is 5.16. The Morgan fingerprint density at radius 3 is 2.54 bits per heavy atom. The van der Waals surface area contributed by atoms with Crippen molar-refractivity contribution in [2.45, 2.75) is 19.9 Å². The number of carbonyl (C=O) groups excluding carboxylic acids is 1. The number of ether oxygens (including phenoxy) is 1. The van der Waals surface area contributed by atoms with Gasteiger partial charge in [-0.15, -0.1) is 0 Å². The second-order valence-corrected chi connectivity index (χ2v) is 6.63. The molecule has 1 amide bonds. The third kappa shape index (κ3) is 5.58. The quantitative estimate of drug-likeness (QED) is 0.625. The van der Waals surface area contributed by atoms with Gasteiger partial charge in [0, 0.05) is 19.3 Å². The van der Waals surface area contributed by atoms with Crippen LogP contribution < -0.4 is 15.4 Å². The molecule has 144 valence electrons. The highest BCUT2D eigenvalue weighted by Gasteiger charge is 2.06. The number of hydrogen-bond acceptors (Lipinski definition) is 4. The maximum Gasteiger partial charge on any atom is 0.253 e. The van der Waals surface area contributed by atoms with E-state index >= 15 is 0 Å². The molecule has 2 N–H and O–H groups in total. The van der Waals surface area contributed by atoms with Crippen LogP contribution in [0.4, 0.5) is 5.82 Å². The Morgan fingerprint density at radius 2 is 1.86 bits per heavy atom. The normalized spacial score (nSPS) is 10.4. The third-order valence-corrected chi connectivity index (χ3v) is 4.44. The number of benzene rings is 2. The number of nitrogens with zero attached hydrogens (tertiary/aromatic N) is 1. The zero-order valence-electron chi connectivity index (χ0n) is 16.2. The maximum atomic E-state index is 12.3. The van der Waals surface area contributed by atoms with Gasteiger partial charge in [-0.1, -0.05) is 42.0 Å². The molecule has 0 spiro atoms. The number of carbonyl (C=O) groups is 1. The summed E-state index contributed by atoms with van der Waals surface area (Å²) in [5.41, 5.74) is 4.03. The van der Waals surface area contributed by atoms with E-state index in [2.05, 4.69) is 33.8 Å². The van der Waals surface area contributed by atoms with Gasteiger partial charge >= 0.3 is 0 Å². The number of hydrogen-bond donors (Lipinski definition) is 2. The van der Waals surface area contributed by atoms with Crippen molar-refractivity contribution in [2.24, 2.45) is 0 Å². The third-order valence-electron chi connectivity index (χ3n) is 4.44. The van der Waals surface area contributed by atoms with Gasteiger partial charge in [-0.3, -0.25) is 4.79 Å². The number of aromatic nitrogens is 1. The highest BCUT2D eigenvalue weighted by atomic mass is 16.5. The largest absolute Gasteiger partial charge is 0.497 e. The Balaban J connectivity index is 1.46. The summed E-state index contributed by atoms with van der Waals surface area (Å²) in [6.07, 6.45) is 2.48. The minimum absolute atomic E-state index is 0.126. The molecule has 0 aliphatic heterocycles. The Bertz CT molecular complexity index is 906. The summed E-state index contributed by atoms with van der Waals surface area (Å²) in [6, 6.07) is 19.7. The maximum absolute atomic E-state index is 12.3. The highest BCUT2D eigenvalue weighted by Crippen LogP contribution is 2.12. The van der Waals surface area contributed by atoms with E-state index < -0.39 is 0 Å². The van der Waals surface area contributed by atoms with E-state index in [4.69, 9.17) is 4.74 Å². The van der Waals surface area contributed by atoms with Crippen LogP contribution in [0.3, 0.4) is 0 Å². The molecule has 28 heavy (non-hydrogen) atoms. The first-order valence-corrected chi connectivity index (χ1v) is 9.30. The molecule has 0 aliphatic carbocycles. The molecule has 5 heteroatoms. The molecule has 2 aromatic carbocycles. The van der Waals surface area contributed by atoms with Gasteiger partial charge in [0.25, 0.3) is 5.91 Å². The highest BCUT2D eigenvalue weighted by molar-refractivity contribution is 5.94. The zero-order valence-corrected chi connectivity index (χ0v) is 16.2. The molecule has 0 aliphatic rings. The summed E-state index contributed by atoms with van der Waals surface area (Å²) in [6.45, 7) is 3.30. The fraction of sp³-hybridized carbons (Fsp3) is 0.217. The van der Waals surface area contributed by atoms with Gasteiger partial charge in [-0.25, -0.2) is 4.98 Å². The van der Waals surface area contributed by atoms with Crippen LogP contribution >= 0.6 is 0 Å². The van der Waals surface area contributed by atoms with Gasteiger partial charge < -0.3 is 15.4 Å². The minimum Gasteiger partial charge on any atom is -0.497 e. The summed E-state index contributed by atoms with van der Waals surface area (Å²) in [5, 5.41) is 6.20. The predicted octanol–water partition coefficient (Wildman–Crippen LogP) is 3.98. The number of pyridine rings is 1. The van der Waals surface area contributed by atoms with Gasteiger partial charge in [0.2, 0.25) is 0 Å². The van der Waals surface area contributed by atoms with E-state index in [0.717, 1.165) is 30.1 Å². The summed E-state index contributed by atoms with van der Waals surface area (Å²) in [4.78, 5) is 16.6. The Hall–Kier alpha value is -3.34. The molecule has 0 unspecified atom stereocenters. The number of aryl methyl sites for hydroxylation is 1. The molecular weight excluding hydrogens is 350 g/mol. The van der Waals surface area contributed by atoms with E-state index in [0.29, 0.717) is 12.1 Å². The molecule has 0 fully saturated rings. The van der Waals surface area contributed by atoms with Crippen LogP contribution in [0.25, 0.3) is 0 Å². The van der Waals surface area contributed by atoms with Gasteiger partial charge in [0.05, 0.1) is 12.7 Å². The van der Waals surface area contributed by atoms with Crippen LogP contribution in [0.1, 0.15) is 27.0 Å². The monoisotopic (exact) mass is 375 g/mol. The van der Waals surface area contributed by atoms with E-state index in [9.17, 15) is 4.79 Å². The molecule has 0 saturated carbocycles. The lowest BCUT2D eigenvalue weighted by Crippen LogP contribution is -2.23. The first kappa shape index (κ1) is 19.4. The zero-order chi connectivity index (χ0) is 19.8. The second-order valence-electron chi connectivity index (χ2n) is 6.63. The Morgan fingerprint density at radius 1 is 1.04 bits per heavy atom. The van der Waals surface area contributed by atoms with Crippen molar-refractivity contribution in [3.05, 3.63) is 89.1 Å². The fourth-order valence-electron chi connectivity index (χ4n) is 2.87. The average molecular weight is 375 g/mol. The Labute approximate surface area is 165 Å². The molecule has 1 heterocycles. The van der Waals surface area contributed by atoms with E-state index in [-0.39, 0.29) is 5.91 Å². The average Bonchev–Trinajstić information content (AvgIpc) is 2.73. The lowest BCUT2D eigenvalue weighted by Gasteiger charge is -2.08. The molecule has 0 saturated heterocycles. The number of anilines is 1. The number of methoxy groups -OCH3 is 1. The summed E-state index contributed by atoms with van der Waals surface area (Å²) in [7, 11) is 1.66. The van der Waals surface area contributed by atoms with Crippen molar-refractivity contribution < 1.29 is 9.53 Å². The first-order valence-electron chi connectivity index (χ1n) is 9.30. The standard InChI is InChI=1S/C23H25N3O2/c1-17-4-3-5-19(14-17)15-26-23(27)20-8-11-22(25-16-20)24-13-12-18-6-9-21(28-2)10-7-18/h3-11,14,16H,12-13,15H2,1-2H3,(H,24,25)(H,26,27). The first-order chi connectivity index (χ1) is 13.6. The van der Waals surface area contributed by atoms with E-state index in [1.54, 1.807) is 19.4 Å². The number of nitrogens with one attached hydrogen (secondary N) is 2. The van der Waals surface area contributed by atoms with Crippen LogP contribution in [0.15, 0.2) is 66.9 Å². The molecule has 0 bridgehead atoms. The lowest BCUT2D eigenvalue weighted by molar-refractivity contribution is 0.0950. The number of rotatable bonds is 8. The van der Waals surface area contributed by atoms with Crippen molar-refractivity contribution in [1.29, 1.82) is 0 Å². The van der Waals surface area contributed by atoms with Crippen LogP contribution in [-0.4, -0.2) is 24.5 Å².